The zero-order chi connectivity index (χ0) is 10.6. The summed E-state index contributed by atoms with van der Waals surface area (Å²) in [6.07, 6.45) is 2.30. The molecule has 1 unspecified atom stereocenters. The van der Waals surface area contributed by atoms with Crippen LogP contribution in [0.4, 0.5) is 0 Å². The van der Waals surface area contributed by atoms with Gasteiger partial charge in [-0.25, -0.2) is 8.42 Å². The molecule has 1 aliphatic rings. The van der Waals surface area contributed by atoms with Crippen molar-refractivity contribution in [1.82, 2.24) is 4.90 Å². The fourth-order valence-electron chi connectivity index (χ4n) is 1.73. The Morgan fingerprint density at radius 2 is 1.80 bits per heavy atom. The Labute approximate surface area is 113 Å². The molecule has 0 aromatic rings. The van der Waals surface area contributed by atoms with Crippen molar-refractivity contribution in [1.29, 1.82) is 0 Å². The summed E-state index contributed by atoms with van der Waals surface area (Å²) < 4.78 is 31.0. The van der Waals surface area contributed by atoms with Crippen LogP contribution < -0.4 is 29.6 Å². The predicted octanol–water partition coefficient (Wildman–Crippen LogP) is -3.62. The van der Waals surface area contributed by atoms with E-state index >= 15 is 0 Å². The van der Waals surface area contributed by atoms with Gasteiger partial charge in [-0.15, -0.1) is 0 Å². The molecule has 1 N–H and O–H groups in total. The van der Waals surface area contributed by atoms with Gasteiger partial charge in [0.05, 0.1) is 22.0 Å². The summed E-state index contributed by atoms with van der Waals surface area (Å²) in [6, 6.07) is 0. The maximum Gasteiger partial charge on any atom is 1.00 e. The van der Waals surface area contributed by atoms with Crippen molar-refractivity contribution in [3.8, 4) is 0 Å². The average molecular weight is 245 g/mol. The van der Waals surface area contributed by atoms with Crippen LogP contribution in [-0.4, -0.2) is 54.5 Å². The minimum atomic E-state index is -4.30. The third-order valence-corrected chi connectivity index (χ3v) is 3.11. The van der Waals surface area contributed by atoms with Gasteiger partial charge in [0.15, 0.2) is 0 Å². The summed E-state index contributed by atoms with van der Waals surface area (Å²) in [5.41, 5.74) is 0. The number of hydrogen-bond acceptors (Lipinski definition) is 5. The molecule has 0 aromatic heterocycles. The summed E-state index contributed by atoms with van der Waals surface area (Å²) in [4.78, 5) is 2.00. The van der Waals surface area contributed by atoms with E-state index in [2.05, 4.69) is 0 Å². The van der Waals surface area contributed by atoms with Crippen LogP contribution in [0.25, 0.3) is 0 Å². The smallest absolute Gasteiger partial charge is 0.748 e. The zero-order valence-electron chi connectivity index (χ0n) is 9.05. The number of piperidine rings is 1. The quantitative estimate of drug-likeness (QED) is 0.408. The van der Waals surface area contributed by atoms with E-state index < -0.39 is 22.0 Å². The van der Waals surface area contributed by atoms with E-state index in [0.717, 1.165) is 25.9 Å². The molecule has 84 valence electrons. The Morgan fingerprint density at radius 1 is 1.27 bits per heavy atom. The normalized spacial score (nSPS) is 20.7. The minimum absolute atomic E-state index is 0. The molecule has 0 aromatic carbocycles. The first kappa shape index (κ1) is 15.8. The second-order valence-electron chi connectivity index (χ2n) is 3.74. The maximum atomic E-state index is 10.3. The first-order valence-electron chi connectivity index (χ1n) is 4.81. The van der Waals surface area contributed by atoms with E-state index in [9.17, 15) is 18.1 Å². The number of rotatable bonds is 4. The molecule has 0 radical (unpaired) electrons. The van der Waals surface area contributed by atoms with E-state index in [1.54, 1.807) is 0 Å². The van der Waals surface area contributed by atoms with Crippen molar-refractivity contribution in [3.05, 3.63) is 0 Å². The van der Waals surface area contributed by atoms with Crippen LogP contribution in [0.2, 0.25) is 0 Å². The number of likely N-dealkylation sites (tertiary alicyclic amines) is 1. The molecule has 5 nitrogen and oxygen atoms in total. The summed E-state index contributed by atoms with van der Waals surface area (Å²) in [7, 11) is -4.30. The van der Waals surface area contributed by atoms with Crippen molar-refractivity contribution < 1.29 is 47.6 Å². The number of hydrogen-bond donors (Lipinski definition) is 1. The number of β-amino-alcohol motifs (C(OH)–C–C–N with tert-alkyl or cyclic N) is 1. The van der Waals surface area contributed by atoms with E-state index in [1.807, 2.05) is 4.90 Å². The molecule has 0 spiro atoms. The van der Waals surface area contributed by atoms with Crippen molar-refractivity contribution in [2.45, 2.75) is 25.4 Å². The molecule has 15 heavy (non-hydrogen) atoms. The predicted molar refractivity (Wildman–Crippen MR) is 50.9 cm³/mol. The Bertz CT molecular complexity index is 264. The number of aliphatic hydroxyl groups excluding tert-OH is 1. The standard InChI is InChI=1S/C8H17NO4S.Na/c10-8(7-14(11,12)13)6-9-4-2-1-3-5-9;/h8,10H,1-7H2,(H,11,12,13);/q;+1/p-1. The molecular formula is C8H16NNaO4S. The monoisotopic (exact) mass is 245 g/mol. The molecule has 0 bridgehead atoms. The van der Waals surface area contributed by atoms with Crippen molar-refractivity contribution >= 4 is 10.1 Å². The van der Waals surface area contributed by atoms with Crippen LogP contribution in [0.15, 0.2) is 0 Å². The zero-order valence-corrected chi connectivity index (χ0v) is 11.9. The van der Waals surface area contributed by atoms with Crippen LogP contribution in [0.1, 0.15) is 19.3 Å². The Morgan fingerprint density at radius 3 is 2.27 bits per heavy atom. The van der Waals surface area contributed by atoms with Crippen LogP contribution in [0.3, 0.4) is 0 Å². The van der Waals surface area contributed by atoms with E-state index in [4.69, 9.17) is 0 Å². The van der Waals surface area contributed by atoms with Gasteiger partial charge in [0.1, 0.15) is 0 Å². The Kier molecular flexibility index (Phi) is 7.61. The van der Waals surface area contributed by atoms with Crippen molar-refractivity contribution in [2.24, 2.45) is 0 Å². The summed E-state index contributed by atoms with van der Waals surface area (Å²) in [6.45, 7) is 2.06. The second kappa shape index (κ2) is 7.21. The van der Waals surface area contributed by atoms with Gasteiger partial charge in [-0.1, -0.05) is 6.42 Å². The molecule has 1 heterocycles. The molecule has 0 amide bonds. The third kappa shape index (κ3) is 7.68. The van der Waals surface area contributed by atoms with Gasteiger partial charge in [0.2, 0.25) is 0 Å². The van der Waals surface area contributed by atoms with Crippen LogP contribution in [0.5, 0.6) is 0 Å². The van der Waals surface area contributed by atoms with Gasteiger partial charge in [-0.3, -0.25) is 0 Å². The fourth-order valence-corrected chi connectivity index (χ4v) is 2.31. The van der Waals surface area contributed by atoms with E-state index in [-0.39, 0.29) is 29.6 Å². The topological polar surface area (TPSA) is 80.7 Å². The first-order valence-corrected chi connectivity index (χ1v) is 6.39. The molecule has 0 aliphatic carbocycles. The first-order chi connectivity index (χ1) is 6.47. The van der Waals surface area contributed by atoms with Crippen LogP contribution >= 0.6 is 0 Å². The number of aliphatic hydroxyl groups is 1. The molecule has 1 aliphatic heterocycles. The third-order valence-electron chi connectivity index (χ3n) is 2.31. The van der Waals surface area contributed by atoms with Gasteiger partial charge in [0.25, 0.3) is 0 Å². The van der Waals surface area contributed by atoms with Gasteiger partial charge in [-0.2, -0.15) is 0 Å². The summed E-state index contributed by atoms with van der Waals surface area (Å²) >= 11 is 0. The van der Waals surface area contributed by atoms with E-state index in [0.29, 0.717) is 6.54 Å². The molecule has 1 fully saturated rings. The molecule has 0 saturated carbocycles. The van der Waals surface area contributed by atoms with Crippen molar-refractivity contribution in [2.75, 3.05) is 25.4 Å². The summed E-state index contributed by atoms with van der Waals surface area (Å²) in [5.74, 6) is -0.677. The molecule has 1 atom stereocenters. The summed E-state index contributed by atoms with van der Waals surface area (Å²) in [5, 5.41) is 9.32. The van der Waals surface area contributed by atoms with Gasteiger partial charge in [-0.05, 0) is 25.9 Å². The second-order valence-corrected chi connectivity index (χ2v) is 5.19. The van der Waals surface area contributed by atoms with Crippen LogP contribution in [-0.2, 0) is 10.1 Å². The fraction of sp³-hybridized carbons (Fsp3) is 1.00. The SMILES string of the molecule is O=S(=O)([O-])CC(O)CN1CCCCC1.[Na+]. The van der Waals surface area contributed by atoms with Crippen LogP contribution in [0, 0.1) is 0 Å². The van der Waals surface area contributed by atoms with E-state index in [1.165, 1.54) is 6.42 Å². The molecule has 1 rings (SSSR count). The minimum Gasteiger partial charge on any atom is -0.748 e. The van der Waals surface area contributed by atoms with Gasteiger partial charge >= 0.3 is 29.6 Å². The van der Waals surface area contributed by atoms with Crippen molar-refractivity contribution in [3.63, 3.8) is 0 Å². The largest absolute Gasteiger partial charge is 1.00 e. The number of nitrogens with zero attached hydrogens (tertiary/aromatic N) is 1. The Hall–Kier alpha value is 0.830. The Balaban J connectivity index is 0.00000196. The average Bonchev–Trinajstić information content (AvgIpc) is 2.02. The molecule has 7 heteroatoms. The maximum absolute atomic E-state index is 10.3. The molecule has 1 saturated heterocycles. The van der Waals surface area contributed by atoms with Gasteiger partial charge in [0, 0.05) is 6.54 Å². The molecular weight excluding hydrogens is 229 g/mol. The van der Waals surface area contributed by atoms with Gasteiger partial charge < -0.3 is 14.6 Å².